The SMILES string of the molecule is CCC(NC(=O)NCCCCCC(=O)O)c1ccccc1. The normalized spacial score (nSPS) is 11.7. The number of carbonyl (C=O) groups excluding carboxylic acids is 1. The van der Waals surface area contributed by atoms with E-state index in [0.717, 1.165) is 24.8 Å². The monoisotopic (exact) mass is 292 g/mol. The van der Waals surface area contributed by atoms with E-state index >= 15 is 0 Å². The van der Waals surface area contributed by atoms with Gasteiger partial charge in [-0.15, -0.1) is 0 Å². The van der Waals surface area contributed by atoms with E-state index in [1.807, 2.05) is 37.3 Å². The summed E-state index contributed by atoms with van der Waals surface area (Å²) < 4.78 is 0. The summed E-state index contributed by atoms with van der Waals surface area (Å²) in [6.07, 6.45) is 3.28. The summed E-state index contributed by atoms with van der Waals surface area (Å²) in [5.41, 5.74) is 1.09. The number of aliphatic carboxylic acids is 1. The smallest absolute Gasteiger partial charge is 0.315 e. The highest BCUT2D eigenvalue weighted by Crippen LogP contribution is 2.15. The van der Waals surface area contributed by atoms with Crippen LogP contribution in [0.15, 0.2) is 30.3 Å². The van der Waals surface area contributed by atoms with E-state index in [1.54, 1.807) is 0 Å². The molecule has 1 atom stereocenters. The van der Waals surface area contributed by atoms with Crippen LogP contribution in [0.5, 0.6) is 0 Å². The number of hydrogen-bond donors (Lipinski definition) is 3. The van der Waals surface area contributed by atoms with Crippen molar-refractivity contribution in [3.05, 3.63) is 35.9 Å². The fourth-order valence-corrected chi connectivity index (χ4v) is 2.10. The fraction of sp³-hybridized carbons (Fsp3) is 0.500. The van der Waals surface area contributed by atoms with Crippen molar-refractivity contribution in [1.29, 1.82) is 0 Å². The molecule has 1 unspecified atom stereocenters. The third-order valence-electron chi connectivity index (χ3n) is 3.27. The number of carboxylic acid groups (broad SMARTS) is 1. The molecule has 21 heavy (non-hydrogen) atoms. The van der Waals surface area contributed by atoms with Gasteiger partial charge in [0, 0.05) is 13.0 Å². The van der Waals surface area contributed by atoms with Crippen molar-refractivity contribution in [3.8, 4) is 0 Å². The molecule has 1 aromatic rings. The van der Waals surface area contributed by atoms with E-state index in [0.29, 0.717) is 13.0 Å². The third-order valence-corrected chi connectivity index (χ3v) is 3.27. The Labute approximate surface area is 125 Å². The maximum absolute atomic E-state index is 11.8. The van der Waals surface area contributed by atoms with Gasteiger partial charge in [0.25, 0.3) is 0 Å². The summed E-state index contributed by atoms with van der Waals surface area (Å²) in [5, 5.41) is 14.3. The van der Waals surface area contributed by atoms with Crippen molar-refractivity contribution < 1.29 is 14.7 Å². The van der Waals surface area contributed by atoms with Crippen LogP contribution < -0.4 is 10.6 Å². The van der Waals surface area contributed by atoms with Crippen LogP contribution in [-0.2, 0) is 4.79 Å². The van der Waals surface area contributed by atoms with Crippen LogP contribution in [0.1, 0.15) is 50.6 Å². The predicted molar refractivity (Wildman–Crippen MR) is 82.1 cm³/mol. The molecule has 0 bridgehead atoms. The highest BCUT2D eigenvalue weighted by molar-refractivity contribution is 5.74. The molecular weight excluding hydrogens is 268 g/mol. The predicted octanol–water partition coefficient (Wildman–Crippen LogP) is 3.08. The summed E-state index contributed by atoms with van der Waals surface area (Å²) in [4.78, 5) is 22.2. The maximum Gasteiger partial charge on any atom is 0.315 e. The van der Waals surface area contributed by atoms with Crippen molar-refractivity contribution in [2.24, 2.45) is 0 Å². The molecule has 1 aromatic carbocycles. The van der Waals surface area contributed by atoms with Gasteiger partial charge in [-0.2, -0.15) is 0 Å². The molecule has 0 saturated heterocycles. The summed E-state index contributed by atoms with van der Waals surface area (Å²) in [7, 11) is 0. The van der Waals surface area contributed by atoms with E-state index in [4.69, 9.17) is 5.11 Å². The number of rotatable bonds is 9. The van der Waals surface area contributed by atoms with Gasteiger partial charge in [0.2, 0.25) is 0 Å². The molecule has 0 aliphatic carbocycles. The largest absolute Gasteiger partial charge is 0.481 e. The first-order valence-electron chi connectivity index (χ1n) is 7.44. The van der Waals surface area contributed by atoms with E-state index in [2.05, 4.69) is 10.6 Å². The zero-order valence-electron chi connectivity index (χ0n) is 12.5. The minimum absolute atomic E-state index is 0.0122. The topological polar surface area (TPSA) is 78.4 Å². The molecule has 116 valence electrons. The Morgan fingerprint density at radius 3 is 2.48 bits per heavy atom. The molecule has 0 saturated carbocycles. The maximum atomic E-state index is 11.8. The third kappa shape index (κ3) is 7.34. The summed E-state index contributed by atoms with van der Waals surface area (Å²) in [6.45, 7) is 2.60. The second kappa shape index (κ2) is 9.80. The van der Waals surface area contributed by atoms with Gasteiger partial charge in [-0.05, 0) is 24.8 Å². The minimum Gasteiger partial charge on any atom is -0.481 e. The number of unbranched alkanes of at least 4 members (excludes halogenated alkanes) is 2. The Hall–Kier alpha value is -2.04. The highest BCUT2D eigenvalue weighted by Gasteiger charge is 2.11. The highest BCUT2D eigenvalue weighted by atomic mass is 16.4. The molecule has 0 radical (unpaired) electrons. The molecular formula is C16H24N2O3. The summed E-state index contributed by atoms with van der Waals surface area (Å²) in [5.74, 6) is -0.769. The number of amides is 2. The van der Waals surface area contributed by atoms with Gasteiger partial charge in [-0.3, -0.25) is 4.79 Å². The van der Waals surface area contributed by atoms with Crippen molar-refractivity contribution >= 4 is 12.0 Å². The van der Waals surface area contributed by atoms with Crippen LogP contribution in [-0.4, -0.2) is 23.7 Å². The molecule has 0 spiro atoms. The Bertz CT molecular complexity index is 434. The average molecular weight is 292 g/mol. The lowest BCUT2D eigenvalue weighted by Gasteiger charge is -2.17. The quantitative estimate of drug-likeness (QED) is 0.612. The van der Waals surface area contributed by atoms with Crippen LogP contribution in [0.4, 0.5) is 4.79 Å². The van der Waals surface area contributed by atoms with E-state index in [9.17, 15) is 9.59 Å². The van der Waals surface area contributed by atoms with Crippen LogP contribution in [0.25, 0.3) is 0 Å². The first-order chi connectivity index (χ1) is 10.1. The molecule has 0 fully saturated rings. The molecule has 5 nitrogen and oxygen atoms in total. The van der Waals surface area contributed by atoms with Crippen LogP contribution in [0.2, 0.25) is 0 Å². The molecule has 2 amide bonds. The molecule has 0 aliphatic heterocycles. The van der Waals surface area contributed by atoms with Crippen LogP contribution >= 0.6 is 0 Å². The Balaban J connectivity index is 2.21. The van der Waals surface area contributed by atoms with Gasteiger partial charge in [0.15, 0.2) is 0 Å². The second-order valence-electron chi connectivity index (χ2n) is 4.98. The van der Waals surface area contributed by atoms with Gasteiger partial charge in [0.05, 0.1) is 6.04 Å². The molecule has 1 rings (SSSR count). The van der Waals surface area contributed by atoms with Crippen molar-refractivity contribution in [3.63, 3.8) is 0 Å². The first-order valence-corrected chi connectivity index (χ1v) is 7.44. The van der Waals surface area contributed by atoms with Gasteiger partial charge in [0.1, 0.15) is 0 Å². The molecule has 3 N–H and O–H groups in total. The van der Waals surface area contributed by atoms with Crippen molar-refractivity contribution in [1.82, 2.24) is 10.6 Å². The Morgan fingerprint density at radius 1 is 1.14 bits per heavy atom. The summed E-state index contributed by atoms with van der Waals surface area (Å²) in [6, 6.07) is 9.70. The standard InChI is InChI=1S/C16H24N2O3/c1-2-14(13-9-5-3-6-10-13)18-16(21)17-12-8-4-7-11-15(19)20/h3,5-6,9-10,14H,2,4,7-8,11-12H2,1H3,(H,19,20)(H2,17,18,21). The van der Waals surface area contributed by atoms with Crippen molar-refractivity contribution in [2.45, 2.75) is 45.1 Å². The van der Waals surface area contributed by atoms with E-state index < -0.39 is 5.97 Å². The fourth-order valence-electron chi connectivity index (χ4n) is 2.10. The second-order valence-corrected chi connectivity index (χ2v) is 4.98. The van der Waals surface area contributed by atoms with Crippen molar-refractivity contribution in [2.75, 3.05) is 6.54 Å². The zero-order valence-corrected chi connectivity index (χ0v) is 12.5. The molecule has 0 aromatic heterocycles. The molecule has 5 heteroatoms. The lowest BCUT2D eigenvalue weighted by molar-refractivity contribution is -0.137. The minimum atomic E-state index is -0.769. The molecule has 0 aliphatic rings. The van der Waals surface area contributed by atoms with Crippen LogP contribution in [0.3, 0.4) is 0 Å². The zero-order chi connectivity index (χ0) is 15.5. The van der Waals surface area contributed by atoms with Crippen LogP contribution in [0, 0.1) is 0 Å². The molecule has 0 heterocycles. The number of urea groups is 1. The average Bonchev–Trinajstić information content (AvgIpc) is 2.49. The number of carboxylic acids is 1. The number of benzene rings is 1. The summed E-state index contributed by atoms with van der Waals surface area (Å²) >= 11 is 0. The number of nitrogens with one attached hydrogen (secondary N) is 2. The first kappa shape index (κ1) is 17.0. The van der Waals surface area contributed by atoms with Gasteiger partial charge < -0.3 is 15.7 Å². The lowest BCUT2D eigenvalue weighted by Crippen LogP contribution is -2.38. The lowest BCUT2D eigenvalue weighted by atomic mass is 10.1. The Morgan fingerprint density at radius 2 is 1.86 bits per heavy atom. The van der Waals surface area contributed by atoms with E-state index in [-0.39, 0.29) is 18.5 Å². The van der Waals surface area contributed by atoms with E-state index in [1.165, 1.54) is 0 Å². The Kier molecular flexibility index (Phi) is 7.94. The van der Waals surface area contributed by atoms with Gasteiger partial charge in [-0.25, -0.2) is 4.79 Å². The number of hydrogen-bond acceptors (Lipinski definition) is 2. The van der Waals surface area contributed by atoms with Gasteiger partial charge in [-0.1, -0.05) is 43.7 Å². The van der Waals surface area contributed by atoms with Gasteiger partial charge >= 0.3 is 12.0 Å². The number of carbonyl (C=O) groups is 2.